The third-order valence-electron chi connectivity index (χ3n) is 3.52. The Bertz CT molecular complexity index is 439. The molecule has 1 N–H and O–H groups in total. The summed E-state index contributed by atoms with van der Waals surface area (Å²) in [5, 5.41) is 3.07. The molecule has 3 heteroatoms. The van der Waals surface area contributed by atoms with Crippen molar-refractivity contribution in [1.29, 1.82) is 0 Å². The van der Waals surface area contributed by atoms with Crippen LogP contribution in [-0.4, -0.2) is 37.5 Å². The number of nitrogens with one attached hydrogen (secondary N) is 1. The highest BCUT2D eigenvalue weighted by molar-refractivity contribution is 5.78. The fraction of sp³-hybridized carbons (Fsp3) is 0.438. The van der Waals surface area contributed by atoms with Gasteiger partial charge in [-0.2, -0.15) is 0 Å². The van der Waals surface area contributed by atoms with Crippen molar-refractivity contribution in [3.05, 3.63) is 42.0 Å². The van der Waals surface area contributed by atoms with Gasteiger partial charge in [0.05, 0.1) is 0 Å². The minimum atomic E-state index is 0.276. The summed E-state index contributed by atoms with van der Waals surface area (Å²) in [6.07, 6.45) is 4.72. The van der Waals surface area contributed by atoms with Crippen LogP contribution in [0.4, 0.5) is 0 Å². The van der Waals surface area contributed by atoms with Crippen molar-refractivity contribution >= 4 is 11.5 Å². The number of hydrogen-bond donors (Lipinski definition) is 1. The number of amides is 1. The molecule has 3 nitrogen and oxygen atoms in total. The van der Waals surface area contributed by atoms with E-state index in [4.69, 9.17) is 0 Å². The first-order valence-corrected chi connectivity index (χ1v) is 6.98. The molecule has 1 heterocycles. The molecule has 0 unspecified atom stereocenters. The van der Waals surface area contributed by atoms with Crippen LogP contribution in [0.5, 0.6) is 0 Å². The first-order valence-electron chi connectivity index (χ1n) is 6.98. The van der Waals surface area contributed by atoms with E-state index in [0.717, 1.165) is 32.5 Å². The maximum Gasteiger partial charge on any atom is 0.222 e. The van der Waals surface area contributed by atoms with E-state index in [-0.39, 0.29) is 5.91 Å². The molecule has 19 heavy (non-hydrogen) atoms. The summed E-state index contributed by atoms with van der Waals surface area (Å²) < 4.78 is 0. The number of benzene rings is 1. The van der Waals surface area contributed by atoms with Crippen molar-refractivity contribution in [3.63, 3.8) is 0 Å². The highest BCUT2D eigenvalue weighted by Gasteiger charge is 2.17. The fourth-order valence-corrected chi connectivity index (χ4v) is 2.38. The van der Waals surface area contributed by atoms with E-state index in [0.29, 0.717) is 6.42 Å². The van der Waals surface area contributed by atoms with Crippen LogP contribution in [0.1, 0.15) is 24.8 Å². The molecule has 0 saturated carbocycles. The number of carbonyl (C=O) groups excluding carboxylic acids is 1. The molecule has 102 valence electrons. The van der Waals surface area contributed by atoms with Gasteiger partial charge in [-0.15, -0.1) is 0 Å². The summed E-state index contributed by atoms with van der Waals surface area (Å²) >= 11 is 0. The van der Waals surface area contributed by atoms with Crippen molar-refractivity contribution in [2.45, 2.75) is 19.3 Å². The van der Waals surface area contributed by atoms with Crippen LogP contribution in [0, 0.1) is 0 Å². The Kier molecular flexibility index (Phi) is 5.16. The van der Waals surface area contributed by atoms with Crippen molar-refractivity contribution in [2.24, 2.45) is 0 Å². The first kappa shape index (κ1) is 13.8. The first-order chi connectivity index (χ1) is 9.31. The lowest BCUT2D eigenvalue weighted by molar-refractivity contribution is -0.130. The van der Waals surface area contributed by atoms with Gasteiger partial charge in [0.2, 0.25) is 5.91 Å². The number of nitrogens with zero attached hydrogens (tertiary/aromatic N) is 1. The summed E-state index contributed by atoms with van der Waals surface area (Å²) in [7, 11) is 1.92. The predicted molar refractivity (Wildman–Crippen MR) is 78.8 cm³/mol. The molecule has 0 radical (unpaired) electrons. The van der Waals surface area contributed by atoms with E-state index in [1.54, 1.807) is 0 Å². The highest BCUT2D eigenvalue weighted by atomic mass is 16.2. The summed E-state index contributed by atoms with van der Waals surface area (Å²) in [4.78, 5) is 13.9. The monoisotopic (exact) mass is 258 g/mol. The van der Waals surface area contributed by atoms with Gasteiger partial charge in [0, 0.05) is 19.5 Å². The topological polar surface area (TPSA) is 32.3 Å². The Morgan fingerprint density at radius 1 is 1.32 bits per heavy atom. The van der Waals surface area contributed by atoms with E-state index in [1.807, 2.05) is 18.0 Å². The van der Waals surface area contributed by atoms with Gasteiger partial charge >= 0.3 is 0 Å². The Morgan fingerprint density at radius 2 is 2.11 bits per heavy atom. The van der Waals surface area contributed by atoms with Crippen LogP contribution in [0.15, 0.2) is 36.4 Å². The van der Waals surface area contributed by atoms with E-state index >= 15 is 0 Å². The normalized spacial score (nSPS) is 15.2. The maximum atomic E-state index is 12.0. The molecule has 1 aliphatic heterocycles. The lowest BCUT2D eigenvalue weighted by atomic mass is 9.99. The van der Waals surface area contributed by atoms with Crippen molar-refractivity contribution in [2.75, 3.05) is 26.7 Å². The smallest absolute Gasteiger partial charge is 0.222 e. The Labute approximate surface area is 115 Å². The third-order valence-corrected chi connectivity index (χ3v) is 3.52. The molecule has 1 aliphatic rings. The second-order valence-electron chi connectivity index (χ2n) is 4.89. The molecule has 1 amide bonds. The van der Waals surface area contributed by atoms with Gasteiger partial charge in [0.15, 0.2) is 0 Å². The number of hydrogen-bond acceptors (Lipinski definition) is 2. The number of carbonyl (C=O) groups is 1. The van der Waals surface area contributed by atoms with Crippen molar-refractivity contribution in [1.82, 2.24) is 10.2 Å². The minimum Gasteiger partial charge on any atom is -0.339 e. The molecule has 2 rings (SSSR count). The zero-order valence-electron chi connectivity index (χ0n) is 11.6. The molecular formula is C16H22N2O. The molecule has 0 bridgehead atoms. The molecule has 0 saturated heterocycles. The summed E-state index contributed by atoms with van der Waals surface area (Å²) in [5.74, 6) is 0.276. The molecule has 0 aliphatic carbocycles. The van der Waals surface area contributed by atoms with Gasteiger partial charge in [-0.25, -0.2) is 0 Å². The van der Waals surface area contributed by atoms with Gasteiger partial charge in [-0.05, 0) is 37.6 Å². The molecule has 1 aromatic rings. The van der Waals surface area contributed by atoms with Gasteiger partial charge in [-0.3, -0.25) is 4.79 Å². The molecule has 0 atom stereocenters. The summed E-state index contributed by atoms with van der Waals surface area (Å²) in [6, 6.07) is 10.4. The van der Waals surface area contributed by atoms with Gasteiger partial charge in [0.25, 0.3) is 0 Å². The zero-order valence-corrected chi connectivity index (χ0v) is 11.6. The largest absolute Gasteiger partial charge is 0.339 e. The SMILES string of the molecule is CNCCCC(=O)N1CC=C(c2ccccc2)CC1. The van der Waals surface area contributed by atoms with Crippen LogP contribution in [0.3, 0.4) is 0 Å². The second kappa shape index (κ2) is 7.10. The highest BCUT2D eigenvalue weighted by Crippen LogP contribution is 2.22. The Balaban J connectivity index is 1.87. The third kappa shape index (κ3) is 3.93. The van der Waals surface area contributed by atoms with Gasteiger partial charge in [0.1, 0.15) is 0 Å². The second-order valence-corrected chi connectivity index (χ2v) is 4.89. The minimum absolute atomic E-state index is 0.276. The lowest BCUT2D eigenvalue weighted by Gasteiger charge is -2.26. The maximum absolute atomic E-state index is 12.0. The quantitative estimate of drug-likeness (QED) is 0.822. The lowest BCUT2D eigenvalue weighted by Crippen LogP contribution is -2.34. The van der Waals surface area contributed by atoms with Gasteiger partial charge in [-0.1, -0.05) is 36.4 Å². The molecular weight excluding hydrogens is 236 g/mol. The average Bonchev–Trinajstić information content (AvgIpc) is 2.48. The zero-order chi connectivity index (χ0) is 13.5. The molecule has 0 fully saturated rings. The van der Waals surface area contributed by atoms with Crippen LogP contribution >= 0.6 is 0 Å². The van der Waals surface area contributed by atoms with Crippen LogP contribution in [0.25, 0.3) is 5.57 Å². The molecule has 1 aromatic carbocycles. The number of rotatable bonds is 5. The van der Waals surface area contributed by atoms with E-state index in [2.05, 4.69) is 35.7 Å². The Morgan fingerprint density at radius 3 is 2.74 bits per heavy atom. The predicted octanol–water partition coefficient (Wildman–Crippen LogP) is 2.30. The summed E-state index contributed by atoms with van der Waals surface area (Å²) in [6.45, 7) is 2.51. The van der Waals surface area contributed by atoms with Crippen LogP contribution in [0.2, 0.25) is 0 Å². The van der Waals surface area contributed by atoms with E-state index < -0.39 is 0 Å². The Hall–Kier alpha value is -1.61. The standard InChI is InChI=1S/C16H22N2O/c1-17-11-5-8-16(19)18-12-9-15(10-13-18)14-6-3-2-4-7-14/h2-4,6-7,9,17H,5,8,10-13H2,1H3. The van der Waals surface area contributed by atoms with E-state index in [1.165, 1.54) is 11.1 Å². The van der Waals surface area contributed by atoms with Crippen molar-refractivity contribution in [3.8, 4) is 0 Å². The van der Waals surface area contributed by atoms with Gasteiger partial charge < -0.3 is 10.2 Å². The average molecular weight is 258 g/mol. The molecule has 0 spiro atoms. The van der Waals surface area contributed by atoms with Crippen LogP contribution < -0.4 is 5.32 Å². The van der Waals surface area contributed by atoms with Crippen LogP contribution in [-0.2, 0) is 4.79 Å². The fourth-order valence-electron chi connectivity index (χ4n) is 2.38. The van der Waals surface area contributed by atoms with Crippen molar-refractivity contribution < 1.29 is 4.79 Å². The van der Waals surface area contributed by atoms with E-state index in [9.17, 15) is 4.79 Å². The molecule has 0 aromatic heterocycles. The summed E-state index contributed by atoms with van der Waals surface area (Å²) in [5.41, 5.74) is 2.64.